The molecule has 1 aromatic heterocycles. The minimum atomic E-state index is -3.91. The fourth-order valence-corrected chi connectivity index (χ4v) is 6.30. The molecule has 4 rings (SSSR count). The number of sulfonamides is 1. The number of hydrogen-bond donors (Lipinski definition) is 1. The van der Waals surface area contributed by atoms with E-state index in [-0.39, 0.29) is 24.3 Å². The molecule has 0 unspecified atom stereocenters. The molecule has 1 N–H and O–H groups in total. The zero-order chi connectivity index (χ0) is 25.7. The van der Waals surface area contributed by atoms with E-state index in [2.05, 4.69) is 4.98 Å². The maximum Gasteiger partial charge on any atom is 0.415 e. The number of pyridine rings is 1. The molecule has 0 radical (unpaired) electrons. The van der Waals surface area contributed by atoms with Crippen molar-refractivity contribution in [2.75, 3.05) is 19.6 Å². The topological polar surface area (TPSA) is 134 Å². The Balaban J connectivity index is 1.39. The molecule has 2 aromatic rings. The summed E-state index contributed by atoms with van der Waals surface area (Å²) in [7, 11) is -3.91. The number of Topliss-reactive ketones (excluding diaryl/α,β-unsaturated/α-hetero) is 1. The fraction of sp³-hybridized carbons (Fsp3) is 0.440. The number of amides is 1. The molecule has 0 aliphatic carbocycles. The molecule has 2 aliphatic rings. The number of ether oxygens (including phenoxy) is 1. The second kappa shape index (κ2) is 11.2. The van der Waals surface area contributed by atoms with Gasteiger partial charge in [0.15, 0.2) is 5.78 Å². The Bertz CT molecular complexity index is 1200. The smallest absolute Gasteiger partial charge is 0.415 e. The van der Waals surface area contributed by atoms with Crippen LogP contribution in [0.3, 0.4) is 0 Å². The lowest BCUT2D eigenvalue weighted by molar-refractivity contribution is -0.144. The second-order valence-corrected chi connectivity index (χ2v) is 11.0. The zero-order valence-electron chi connectivity index (χ0n) is 19.8. The highest BCUT2D eigenvalue weighted by Crippen LogP contribution is 2.28. The predicted octanol–water partition coefficient (Wildman–Crippen LogP) is 2.73. The molecular weight excluding hydrogens is 486 g/mol. The summed E-state index contributed by atoms with van der Waals surface area (Å²) in [5.41, 5.74) is 0.669. The number of aliphatic carboxylic acids is 1. The SMILES string of the molecule is O=C(O)[C@@H](CC(=O)[C@@H]1CCCN1S(=O)(=O)c1cccnc1)Cc1ccc(OC(=O)N2CCCC2)cc1. The standard InChI is InChI=1S/C25H29N3O7S/c29-23(22-6-4-14-28(22)36(33,34)21-5-3-11-26-17-21)16-19(24(30)31)15-18-7-9-20(10-8-18)35-25(32)27-12-1-2-13-27/h3,5,7-11,17,19,22H,1-2,4,6,12-16H2,(H,30,31)/t19-,22+/m1/s1. The van der Waals surface area contributed by atoms with Crippen LogP contribution in [0, 0.1) is 5.92 Å². The molecule has 2 saturated heterocycles. The zero-order valence-corrected chi connectivity index (χ0v) is 20.6. The Morgan fingerprint density at radius 1 is 1.06 bits per heavy atom. The van der Waals surface area contributed by atoms with Crippen LogP contribution >= 0.6 is 0 Å². The van der Waals surface area contributed by atoms with Gasteiger partial charge in [-0.05, 0) is 61.9 Å². The average Bonchev–Trinajstić information content (AvgIpc) is 3.58. The molecule has 2 fully saturated rings. The van der Waals surface area contributed by atoms with Gasteiger partial charge in [0.1, 0.15) is 10.6 Å². The highest BCUT2D eigenvalue weighted by molar-refractivity contribution is 7.89. The molecule has 2 atom stereocenters. The van der Waals surface area contributed by atoms with E-state index < -0.39 is 39.8 Å². The largest absolute Gasteiger partial charge is 0.481 e. The first kappa shape index (κ1) is 25.8. The van der Waals surface area contributed by atoms with E-state index in [0.717, 1.165) is 17.1 Å². The van der Waals surface area contributed by atoms with Gasteiger partial charge in [0, 0.05) is 38.4 Å². The normalized spacial score (nSPS) is 19.2. The van der Waals surface area contributed by atoms with Crippen LogP contribution in [0.2, 0.25) is 0 Å². The summed E-state index contributed by atoms with van der Waals surface area (Å²) in [6.07, 6.45) is 4.88. The number of carboxylic acids is 1. The Morgan fingerprint density at radius 3 is 2.42 bits per heavy atom. The lowest BCUT2D eigenvalue weighted by atomic mass is 9.92. The fourth-order valence-electron chi connectivity index (χ4n) is 4.65. The van der Waals surface area contributed by atoms with Gasteiger partial charge in [0.05, 0.1) is 12.0 Å². The summed E-state index contributed by atoms with van der Waals surface area (Å²) < 4.78 is 32.6. The third kappa shape index (κ3) is 5.90. The van der Waals surface area contributed by atoms with Gasteiger partial charge in [0.25, 0.3) is 0 Å². The summed E-state index contributed by atoms with van der Waals surface area (Å²) in [5.74, 6) is -2.20. The van der Waals surface area contributed by atoms with Crippen LogP contribution in [0.15, 0.2) is 53.7 Å². The summed E-state index contributed by atoms with van der Waals surface area (Å²) in [6, 6.07) is 8.58. The number of aromatic nitrogens is 1. The average molecular weight is 516 g/mol. The third-order valence-corrected chi connectivity index (χ3v) is 8.48. The van der Waals surface area contributed by atoms with Crippen molar-refractivity contribution in [3.8, 4) is 5.75 Å². The highest BCUT2D eigenvalue weighted by atomic mass is 32.2. The lowest BCUT2D eigenvalue weighted by Gasteiger charge is -2.24. The number of likely N-dealkylation sites (tertiary alicyclic amines) is 1. The van der Waals surface area contributed by atoms with Gasteiger partial charge >= 0.3 is 12.1 Å². The monoisotopic (exact) mass is 515 g/mol. The van der Waals surface area contributed by atoms with E-state index in [4.69, 9.17) is 4.74 Å². The van der Waals surface area contributed by atoms with Crippen molar-refractivity contribution in [3.63, 3.8) is 0 Å². The van der Waals surface area contributed by atoms with Gasteiger partial charge in [-0.1, -0.05) is 12.1 Å². The Labute approximate surface area is 209 Å². The van der Waals surface area contributed by atoms with Crippen molar-refractivity contribution in [2.24, 2.45) is 5.92 Å². The van der Waals surface area contributed by atoms with Crippen molar-refractivity contribution in [1.29, 1.82) is 0 Å². The van der Waals surface area contributed by atoms with E-state index in [0.29, 0.717) is 37.2 Å². The van der Waals surface area contributed by atoms with Crippen molar-refractivity contribution in [2.45, 2.75) is 49.5 Å². The first-order valence-corrected chi connectivity index (χ1v) is 13.4. The van der Waals surface area contributed by atoms with Crippen LogP contribution in [-0.2, 0) is 26.0 Å². The van der Waals surface area contributed by atoms with Crippen LogP contribution in [0.5, 0.6) is 5.75 Å². The molecule has 0 spiro atoms. The van der Waals surface area contributed by atoms with Gasteiger partial charge in [0.2, 0.25) is 10.0 Å². The van der Waals surface area contributed by atoms with Gasteiger partial charge < -0.3 is 14.7 Å². The maximum absolute atomic E-state index is 13.1. The Hall–Kier alpha value is -3.31. The number of carbonyl (C=O) groups excluding carboxylic acids is 2. The minimum Gasteiger partial charge on any atom is -0.481 e. The van der Waals surface area contributed by atoms with E-state index in [1.165, 1.54) is 24.5 Å². The number of benzene rings is 1. The number of carbonyl (C=O) groups is 3. The van der Waals surface area contributed by atoms with Crippen LogP contribution in [0.4, 0.5) is 4.79 Å². The van der Waals surface area contributed by atoms with E-state index in [1.54, 1.807) is 29.2 Å². The van der Waals surface area contributed by atoms with Crippen LogP contribution in [0.1, 0.15) is 37.7 Å². The van der Waals surface area contributed by atoms with Crippen molar-refractivity contribution in [1.82, 2.24) is 14.2 Å². The molecule has 11 heteroatoms. The van der Waals surface area contributed by atoms with Gasteiger partial charge in [-0.25, -0.2) is 13.2 Å². The van der Waals surface area contributed by atoms with E-state index >= 15 is 0 Å². The Morgan fingerprint density at radius 2 is 1.78 bits per heavy atom. The van der Waals surface area contributed by atoms with Crippen molar-refractivity contribution < 1.29 is 32.6 Å². The van der Waals surface area contributed by atoms with E-state index in [9.17, 15) is 27.9 Å². The van der Waals surface area contributed by atoms with Crippen molar-refractivity contribution in [3.05, 3.63) is 54.4 Å². The molecule has 36 heavy (non-hydrogen) atoms. The van der Waals surface area contributed by atoms with Crippen LogP contribution in [-0.4, -0.2) is 71.2 Å². The Kier molecular flexibility index (Phi) is 8.00. The summed E-state index contributed by atoms with van der Waals surface area (Å²) in [6.45, 7) is 1.55. The highest BCUT2D eigenvalue weighted by Gasteiger charge is 2.40. The maximum atomic E-state index is 13.1. The molecule has 3 heterocycles. The third-order valence-electron chi connectivity index (χ3n) is 6.59. The summed E-state index contributed by atoms with van der Waals surface area (Å²) in [4.78, 5) is 42.7. The lowest BCUT2D eigenvalue weighted by Crippen LogP contribution is -2.41. The van der Waals surface area contributed by atoms with Crippen LogP contribution in [0.25, 0.3) is 0 Å². The molecule has 192 valence electrons. The summed E-state index contributed by atoms with van der Waals surface area (Å²) in [5, 5.41) is 9.76. The first-order chi connectivity index (χ1) is 17.3. The quantitative estimate of drug-likeness (QED) is 0.539. The molecule has 10 nitrogen and oxygen atoms in total. The van der Waals surface area contributed by atoms with Crippen LogP contribution < -0.4 is 4.74 Å². The first-order valence-electron chi connectivity index (χ1n) is 12.0. The number of rotatable bonds is 9. The van der Waals surface area contributed by atoms with Gasteiger partial charge in [-0.15, -0.1) is 0 Å². The molecule has 1 aromatic carbocycles. The number of carboxylic acid groups (broad SMARTS) is 1. The molecule has 0 saturated carbocycles. The molecule has 0 bridgehead atoms. The van der Waals surface area contributed by atoms with E-state index in [1.807, 2.05) is 0 Å². The second-order valence-electron chi connectivity index (χ2n) is 9.08. The van der Waals surface area contributed by atoms with Gasteiger partial charge in [-0.3, -0.25) is 14.6 Å². The minimum absolute atomic E-state index is 0.00464. The number of ketones is 1. The molecule has 2 aliphatic heterocycles. The molecule has 1 amide bonds. The number of hydrogen-bond acceptors (Lipinski definition) is 7. The number of nitrogens with zero attached hydrogens (tertiary/aromatic N) is 3. The van der Waals surface area contributed by atoms with Gasteiger partial charge in [-0.2, -0.15) is 4.31 Å². The summed E-state index contributed by atoms with van der Waals surface area (Å²) >= 11 is 0. The van der Waals surface area contributed by atoms with Crippen molar-refractivity contribution >= 4 is 27.9 Å². The molecular formula is C25H29N3O7S. The predicted molar refractivity (Wildman–Crippen MR) is 129 cm³/mol.